The molecule has 0 aromatic heterocycles. The predicted molar refractivity (Wildman–Crippen MR) is 140 cm³/mol. The fraction of sp³-hybridized carbons (Fsp3) is 0.355. The maximum Gasteiger partial charge on any atom is 0.251 e. The van der Waals surface area contributed by atoms with Crippen molar-refractivity contribution in [1.29, 1.82) is 0 Å². The number of benzene rings is 2. The van der Waals surface area contributed by atoms with E-state index in [1.54, 1.807) is 29.8 Å². The van der Waals surface area contributed by atoms with Gasteiger partial charge in [0.1, 0.15) is 0 Å². The van der Waals surface area contributed by atoms with E-state index in [-0.39, 0.29) is 11.8 Å². The number of nitrogens with one attached hydrogen (secondary N) is 2. The van der Waals surface area contributed by atoms with Crippen LogP contribution in [0.4, 0.5) is 0 Å². The molecule has 180 valence electrons. The summed E-state index contributed by atoms with van der Waals surface area (Å²) in [4.78, 5) is 25.3. The first-order valence-corrected chi connectivity index (χ1v) is 13.0. The molecule has 3 aliphatic rings. The third kappa shape index (κ3) is 5.82. The van der Waals surface area contributed by atoms with Crippen LogP contribution in [0, 0.1) is 0 Å². The van der Waals surface area contributed by atoms with Crippen molar-refractivity contribution in [2.45, 2.75) is 64.3 Å². The van der Waals surface area contributed by atoms with Crippen LogP contribution in [-0.2, 0) is 19.4 Å². The topological polar surface area (TPSA) is 58.2 Å². The average molecular weight is 467 g/mol. The molecule has 2 N–H and O–H groups in total. The SMILES string of the molecule is O=C(NCC1=CCC2=C(C=C1)CCCC2)c1ccc(C(=O)NCc2ccc3c(c2)CCCC3)cc1. The molecule has 5 rings (SSSR count). The van der Waals surface area contributed by atoms with E-state index in [9.17, 15) is 9.59 Å². The Kier molecular flexibility index (Phi) is 7.27. The lowest BCUT2D eigenvalue weighted by atomic mass is 9.90. The second-order valence-corrected chi connectivity index (χ2v) is 9.91. The number of aryl methyl sites for hydroxylation is 2. The smallest absolute Gasteiger partial charge is 0.251 e. The molecule has 0 bridgehead atoms. The predicted octanol–water partition coefficient (Wildman–Crippen LogP) is 5.98. The highest BCUT2D eigenvalue weighted by molar-refractivity contribution is 5.97. The molecular formula is C31H34N2O2. The van der Waals surface area contributed by atoms with Gasteiger partial charge in [-0.05, 0) is 110 Å². The summed E-state index contributed by atoms with van der Waals surface area (Å²) in [6.45, 7) is 1.02. The third-order valence-electron chi connectivity index (χ3n) is 7.47. The Morgan fingerprint density at radius 3 is 2.11 bits per heavy atom. The van der Waals surface area contributed by atoms with Crippen molar-refractivity contribution in [3.05, 3.63) is 105 Å². The maximum atomic E-state index is 12.7. The van der Waals surface area contributed by atoms with Crippen LogP contribution in [0.5, 0.6) is 0 Å². The van der Waals surface area contributed by atoms with Gasteiger partial charge >= 0.3 is 0 Å². The van der Waals surface area contributed by atoms with Crippen LogP contribution in [0.1, 0.15) is 82.4 Å². The molecule has 2 amide bonds. The zero-order valence-electron chi connectivity index (χ0n) is 20.4. The van der Waals surface area contributed by atoms with Gasteiger partial charge in [-0.25, -0.2) is 0 Å². The number of carbonyl (C=O) groups is 2. The molecule has 0 fully saturated rings. The molecule has 35 heavy (non-hydrogen) atoms. The summed E-state index contributed by atoms with van der Waals surface area (Å²) in [7, 11) is 0. The fourth-order valence-electron chi connectivity index (χ4n) is 5.33. The van der Waals surface area contributed by atoms with Gasteiger partial charge in [0, 0.05) is 24.2 Å². The highest BCUT2D eigenvalue weighted by Crippen LogP contribution is 2.30. The Morgan fingerprint density at radius 2 is 1.34 bits per heavy atom. The first kappa shape index (κ1) is 23.3. The quantitative estimate of drug-likeness (QED) is 0.550. The van der Waals surface area contributed by atoms with Crippen LogP contribution in [-0.4, -0.2) is 18.4 Å². The average Bonchev–Trinajstić information content (AvgIpc) is 3.13. The zero-order valence-corrected chi connectivity index (χ0v) is 20.4. The van der Waals surface area contributed by atoms with Gasteiger partial charge in [-0.2, -0.15) is 0 Å². The zero-order chi connectivity index (χ0) is 24.0. The summed E-state index contributed by atoms with van der Waals surface area (Å²) < 4.78 is 0. The Hall–Kier alpha value is -3.40. The van der Waals surface area contributed by atoms with Crippen LogP contribution in [0.2, 0.25) is 0 Å². The second-order valence-electron chi connectivity index (χ2n) is 9.91. The van der Waals surface area contributed by atoms with E-state index in [4.69, 9.17) is 0 Å². The number of hydrogen-bond acceptors (Lipinski definition) is 2. The second kappa shape index (κ2) is 10.9. The van der Waals surface area contributed by atoms with E-state index in [0.29, 0.717) is 24.2 Å². The van der Waals surface area contributed by atoms with E-state index in [1.165, 1.54) is 55.2 Å². The van der Waals surface area contributed by atoms with Crippen LogP contribution >= 0.6 is 0 Å². The van der Waals surface area contributed by atoms with Crippen LogP contribution in [0.3, 0.4) is 0 Å². The highest BCUT2D eigenvalue weighted by atomic mass is 16.2. The molecule has 0 unspecified atom stereocenters. The molecule has 0 heterocycles. The lowest BCUT2D eigenvalue weighted by Gasteiger charge is -2.16. The van der Waals surface area contributed by atoms with Gasteiger partial charge in [-0.3, -0.25) is 9.59 Å². The molecule has 3 aliphatic carbocycles. The Balaban J connectivity index is 1.12. The van der Waals surface area contributed by atoms with Crippen LogP contribution in [0.15, 0.2) is 77.4 Å². The molecule has 2 aromatic carbocycles. The monoisotopic (exact) mass is 466 g/mol. The number of allylic oxidation sites excluding steroid dienone is 4. The van der Waals surface area contributed by atoms with Crippen molar-refractivity contribution in [2.24, 2.45) is 0 Å². The van der Waals surface area contributed by atoms with Crippen LogP contribution in [0.25, 0.3) is 0 Å². The molecule has 2 aromatic rings. The summed E-state index contributed by atoms with van der Waals surface area (Å²) >= 11 is 0. The van der Waals surface area contributed by atoms with Gasteiger partial charge in [-0.15, -0.1) is 0 Å². The lowest BCUT2D eigenvalue weighted by molar-refractivity contribution is 0.0942. The minimum Gasteiger partial charge on any atom is -0.348 e. The minimum absolute atomic E-state index is 0.123. The van der Waals surface area contributed by atoms with Crippen molar-refractivity contribution >= 4 is 11.8 Å². The van der Waals surface area contributed by atoms with Gasteiger partial charge in [0.15, 0.2) is 0 Å². The minimum atomic E-state index is -0.125. The largest absolute Gasteiger partial charge is 0.348 e. The number of amides is 2. The van der Waals surface area contributed by atoms with Gasteiger partial charge < -0.3 is 10.6 Å². The van der Waals surface area contributed by atoms with Crippen molar-refractivity contribution in [2.75, 3.05) is 6.54 Å². The summed E-state index contributed by atoms with van der Waals surface area (Å²) in [5.74, 6) is -0.248. The number of carbonyl (C=O) groups excluding carboxylic acids is 2. The molecule has 4 heteroatoms. The Morgan fingerprint density at radius 1 is 0.686 bits per heavy atom. The number of fused-ring (bicyclic) bond motifs is 1. The van der Waals surface area contributed by atoms with Crippen molar-refractivity contribution in [3.63, 3.8) is 0 Å². The van der Waals surface area contributed by atoms with E-state index < -0.39 is 0 Å². The third-order valence-corrected chi connectivity index (χ3v) is 7.47. The van der Waals surface area contributed by atoms with Crippen LogP contribution < -0.4 is 10.6 Å². The molecule has 0 spiro atoms. The highest BCUT2D eigenvalue weighted by Gasteiger charge is 2.14. The van der Waals surface area contributed by atoms with Crippen molar-refractivity contribution in [3.8, 4) is 0 Å². The van der Waals surface area contributed by atoms with Crippen molar-refractivity contribution in [1.82, 2.24) is 10.6 Å². The molecule has 4 nitrogen and oxygen atoms in total. The molecule has 0 saturated carbocycles. The first-order chi connectivity index (χ1) is 17.2. The van der Waals surface area contributed by atoms with E-state index >= 15 is 0 Å². The Labute approximate surface area is 208 Å². The van der Waals surface area contributed by atoms with Gasteiger partial charge in [0.2, 0.25) is 0 Å². The lowest BCUT2D eigenvalue weighted by Crippen LogP contribution is -2.26. The molecule has 0 saturated heterocycles. The standard InChI is InChI=1S/C31H34N2O2/c34-30(32-20-22-9-12-24-5-1-2-6-25(24)13-10-22)27-15-17-28(18-16-27)31(35)33-21-23-11-14-26-7-3-4-8-29(26)19-23/h9-12,14-19H,1-8,13,20-21H2,(H,32,34)(H,33,35). The van der Waals surface area contributed by atoms with Gasteiger partial charge in [0.05, 0.1) is 0 Å². The van der Waals surface area contributed by atoms with E-state index in [0.717, 1.165) is 30.4 Å². The van der Waals surface area contributed by atoms with E-state index in [1.807, 2.05) is 0 Å². The fourth-order valence-corrected chi connectivity index (χ4v) is 5.33. The normalized spacial score (nSPS) is 17.1. The summed E-state index contributed by atoms with van der Waals surface area (Å²) in [6.07, 6.45) is 17.3. The molecule has 0 radical (unpaired) electrons. The maximum absolute atomic E-state index is 12.7. The molecule has 0 atom stereocenters. The summed E-state index contributed by atoms with van der Waals surface area (Å²) in [6, 6.07) is 13.4. The molecule has 0 aliphatic heterocycles. The van der Waals surface area contributed by atoms with Gasteiger partial charge in [0.25, 0.3) is 11.8 Å². The number of hydrogen-bond donors (Lipinski definition) is 2. The first-order valence-electron chi connectivity index (χ1n) is 13.0. The van der Waals surface area contributed by atoms with E-state index in [2.05, 4.69) is 47.1 Å². The van der Waals surface area contributed by atoms with Crippen molar-refractivity contribution < 1.29 is 9.59 Å². The Bertz CT molecular complexity index is 1200. The number of rotatable bonds is 6. The summed E-state index contributed by atoms with van der Waals surface area (Å²) in [5.41, 5.74) is 9.30. The summed E-state index contributed by atoms with van der Waals surface area (Å²) in [5, 5.41) is 6.03. The molecular weight excluding hydrogens is 432 g/mol. The van der Waals surface area contributed by atoms with Gasteiger partial charge in [-0.1, -0.05) is 42.0 Å².